The zero-order valence-corrected chi connectivity index (χ0v) is 16.7. The lowest BCUT2D eigenvalue weighted by atomic mass is 9.66. The first-order valence-electron chi connectivity index (χ1n) is 8.53. The molecule has 0 aliphatic carbocycles. The van der Waals surface area contributed by atoms with Crippen LogP contribution in [0.3, 0.4) is 0 Å². The van der Waals surface area contributed by atoms with Crippen molar-refractivity contribution in [2.24, 2.45) is 4.99 Å². The summed E-state index contributed by atoms with van der Waals surface area (Å²) < 4.78 is 0. The number of nitrogens with zero attached hydrogens (tertiary/aromatic N) is 3. The Kier molecular flexibility index (Phi) is 3.87. The molecule has 0 fully saturated rings. The van der Waals surface area contributed by atoms with Gasteiger partial charge in [0, 0.05) is 21.4 Å². The predicted octanol–water partition coefficient (Wildman–Crippen LogP) is 5.84. The van der Waals surface area contributed by atoms with E-state index in [-0.39, 0.29) is 11.0 Å². The number of aliphatic imine (C=N–C) groups is 1. The van der Waals surface area contributed by atoms with E-state index < -0.39 is 0 Å². The van der Waals surface area contributed by atoms with Gasteiger partial charge >= 0.3 is 0 Å². The number of fused-ring (bicyclic) bond motifs is 2. The van der Waals surface area contributed by atoms with Gasteiger partial charge in [0.05, 0.1) is 11.1 Å². The van der Waals surface area contributed by atoms with Gasteiger partial charge in [0.15, 0.2) is 5.82 Å². The van der Waals surface area contributed by atoms with E-state index in [1.54, 1.807) is 0 Å². The standard InChI is InChI=1S/C21H19Cl2N3/c1-20(2)15-11-12(22)9-10-13(15)17(26-21(20,3)4)19-24-16-8-6-5-7-14(16)18(23)25-19/h5-11H,1-4H3. The van der Waals surface area contributed by atoms with Gasteiger partial charge in [0.2, 0.25) is 0 Å². The highest BCUT2D eigenvalue weighted by atomic mass is 35.5. The van der Waals surface area contributed by atoms with Crippen LogP contribution in [0.1, 0.15) is 44.6 Å². The molecule has 2 heterocycles. The van der Waals surface area contributed by atoms with Crippen LogP contribution < -0.4 is 0 Å². The van der Waals surface area contributed by atoms with E-state index in [2.05, 4.69) is 32.7 Å². The van der Waals surface area contributed by atoms with Gasteiger partial charge in [-0.05, 0) is 43.7 Å². The molecule has 0 unspecified atom stereocenters. The van der Waals surface area contributed by atoms with Gasteiger partial charge in [-0.2, -0.15) is 0 Å². The van der Waals surface area contributed by atoms with Crippen LogP contribution in [-0.4, -0.2) is 21.2 Å². The van der Waals surface area contributed by atoms with Crippen molar-refractivity contribution in [3.8, 4) is 0 Å². The van der Waals surface area contributed by atoms with Crippen molar-refractivity contribution in [1.29, 1.82) is 0 Å². The van der Waals surface area contributed by atoms with Crippen LogP contribution >= 0.6 is 23.2 Å². The first-order valence-corrected chi connectivity index (χ1v) is 9.29. The second kappa shape index (κ2) is 5.77. The Bertz CT molecular complexity index is 1070. The monoisotopic (exact) mass is 383 g/mol. The molecule has 0 saturated carbocycles. The maximum Gasteiger partial charge on any atom is 0.180 e. The fraction of sp³-hybridized carbons (Fsp3) is 0.286. The Labute approximate surface area is 163 Å². The van der Waals surface area contributed by atoms with Gasteiger partial charge in [-0.25, -0.2) is 9.97 Å². The number of halogens is 2. The topological polar surface area (TPSA) is 38.1 Å². The summed E-state index contributed by atoms with van der Waals surface area (Å²) >= 11 is 12.7. The largest absolute Gasteiger partial charge is 0.274 e. The fourth-order valence-corrected chi connectivity index (χ4v) is 3.78. The Morgan fingerprint density at radius 2 is 1.62 bits per heavy atom. The van der Waals surface area contributed by atoms with Gasteiger partial charge in [0.25, 0.3) is 0 Å². The van der Waals surface area contributed by atoms with Crippen LogP contribution in [-0.2, 0) is 5.41 Å². The third-order valence-corrected chi connectivity index (χ3v) is 6.12. The summed E-state index contributed by atoms with van der Waals surface area (Å²) in [6.45, 7) is 8.63. The molecule has 0 N–H and O–H groups in total. The number of rotatable bonds is 1. The summed E-state index contributed by atoms with van der Waals surface area (Å²) in [5.41, 5.74) is 3.19. The van der Waals surface area contributed by atoms with Crippen LogP contribution in [0.25, 0.3) is 10.9 Å². The van der Waals surface area contributed by atoms with Crippen molar-refractivity contribution in [3.63, 3.8) is 0 Å². The smallest absolute Gasteiger partial charge is 0.180 e. The number of aromatic nitrogens is 2. The van der Waals surface area contributed by atoms with Crippen LogP contribution in [0, 0.1) is 0 Å². The second-order valence-electron chi connectivity index (χ2n) is 7.69. The van der Waals surface area contributed by atoms with E-state index >= 15 is 0 Å². The molecule has 0 radical (unpaired) electrons. The van der Waals surface area contributed by atoms with Crippen LogP contribution in [0.15, 0.2) is 47.5 Å². The maximum atomic E-state index is 6.43. The van der Waals surface area contributed by atoms with Gasteiger partial charge in [-0.1, -0.05) is 55.2 Å². The van der Waals surface area contributed by atoms with Gasteiger partial charge in [-0.15, -0.1) is 0 Å². The van der Waals surface area contributed by atoms with Crippen molar-refractivity contribution in [3.05, 3.63) is 69.6 Å². The van der Waals surface area contributed by atoms with E-state index in [0.717, 1.165) is 27.7 Å². The normalized spacial score (nSPS) is 17.7. The van der Waals surface area contributed by atoms with E-state index in [4.69, 9.17) is 33.2 Å². The SMILES string of the molecule is CC1(C)N=C(c2nc(Cl)c3ccccc3n2)c2ccc(Cl)cc2C1(C)C. The molecule has 0 bridgehead atoms. The zero-order chi connectivity index (χ0) is 18.7. The highest BCUT2D eigenvalue weighted by Gasteiger charge is 2.44. The molecular formula is C21H19Cl2N3. The molecule has 1 aliphatic heterocycles. The minimum Gasteiger partial charge on any atom is -0.274 e. The fourth-order valence-electron chi connectivity index (χ4n) is 3.36. The van der Waals surface area contributed by atoms with E-state index in [9.17, 15) is 0 Å². The molecule has 4 rings (SSSR count). The lowest BCUT2D eigenvalue weighted by Crippen LogP contribution is -2.46. The second-order valence-corrected chi connectivity index (χ2v) is 8.48. The Balaban J connectivity index is 2.02. The van der Waals surface area contributed by atoms with Crippen molar-refractivity contribution in [1.82, 2.24) is 9.97 Å². The summed E-state index contributed by atoms with van der Waals surface area (Å²) in [6.07, 6.45) is 0. The van der Waals surface area contributed by atoms with Gasteiger partial charge in [-0.3, -0.25) is 4.99 Å². The molecular weight excluding hydrogens is 365 g/mol. The Morgan fingerprint density at radius 1 is 0.885 bits per heavy atom. The minimum absolute atomic E-state index is 0.183. The molecule has 3 nitrogen and oxygen atoms in total. The Morgan fingerprint density at radius 3 is 2.38 bits per heavy atom. The number of para-hydroxylation sites is 1. The lowest BCUT2D eigenvalue weighted by Gasteiger charge is -2.44. The van der Waals surface area contributed by atoms with E-state index in [0.29, 0.717) is 16.0 Å². The quantitative estimate of drug-likeness (QED) is 0.494. The molecule has 26 heavy (non-hydrogen) atoms. The summed E-state index contributed by atoms with van der Waals surface area (Å²) in [5.74, 6) is 0.542. The first-order chi connectivity index (χ1) is 12.2. The average molecular weight is 384 g/mol. The number of benzene rings is 2. The average Bonchev–Trinajstić information content (AvgIpc) is 2.59. The van der Waals surface area contributed by atoms with Crippen molar-refractivity contribution < 1.29 is 0 Å². The van der Waals surface area contributed by atoms with Gasteiger partial charge < -0.3 is 0 Å². The molecule has 132 valence electrons. The van der Waals surface area contributed by atoms with Gasteiger partial charge in [0.1, 0.15) is 10.9 Å². The lowest BCUT2D eigenvalue weighted by molar-refractivity contribution is 0.303. The molecule has 0 spiro atoms. The highest BCUT2D eigenvalue weighted by Crippen LogP contribution is 2.44. The summed E-state index contributed by atoms with van der Waals surface area (Å²) in [7, 11) is 0. The van der Waals surface area contributed by atoms with Crippen molar-refractivity contribution in [2.45, 2.75) is 38.6 Å². The molecule has 0 amide bonds. The van der Waals surface area contributed by atoms with Crippen LogP contribution in [0.5, 0.6) is 0 Å². The van der Waals surface area contributed by atoms with Crippen molar-refractivity contribution >= 4 is 39.8 Å². The van der Waals surface area contributed by atoms with Crippen LogP contribution in [0.4, 0.5) is 0 Å². The third-order valence-electron chi connectivity index (χ3n) is 5.60. The number of hydrogen-bond donors (Lipinski definition) is 0. The Hall–Kier alpha value is -1.97. The predicted molar refractivity (Wildman–Crippen MR) is 109 cm³/mol. The third kappa shape index (κ3) is 2.53. The van der Waals surface area contributed by atoms with Crippen molar-refractivity contribution in [2.75, 3.05) is 0 Å². The summed E-state index contributed by atoms with van der Waals surface area (Å²) in [6, 6.07) is 13.6. The molecule has 5 heteroatoms. The molecule has 3 aromatic rings. The molecule has 1 aliphatic rings. The zero-order valence-electron chi connectivity index (χ0n) is 15.1. The summed E-state index contributed by atoms with van der Waals surface area (Å²) in [4.78, 5) is 14.3. The first kappa shape index (κ1) is 17.4. The molecule has 1 aromatic heterocycles. The van der Waals surface area contributed by atoms with Crippen LogP contribution in [0.2, 0.25) is 10.2 Å². The maximum absolute atomic E-state index is 6.43. The van der Waals surface area contributed by atoms with E-state index in [1.807, 2.05) is 42.5 Å². The van der Waals surface area contributed by atoms with E-state index in [1.165, 1.54) is 0 Å². The minimum atomic E-state index is -0.346. The highest BCUT2D eigenvalue weighted by molar-refractivity contribution is 6.34. The summed E-state index contributed by atoms with van der Waals surface area (Å²) in [5, 5.41) is 1.99. The number of hydrogen-bond acceptors (Lipinski definition) is 3. The molecule has 0 saturated heterocycles. The molecule has 2 aromatic carbocycles. The molecule has 0 atom stereocenters.